The predicted molar refractivity (Wildman–Crippen MR) is 158 cm³/mol. The van der Waals surface area contributed by atoms with Crippen LogP contribution in [0.1, 0.15) is 44.4 Å². The summed E-state index contributed by atoms with van der Waals surface area (Å²) in [7, 11) is -2.53. The molecule has 214 valence electrons. The van der Waals surface area contributed by atoms with Gasteiger partial charge in [0.2, 0.25) is 11.8 Å². The number of hydrogen-bond donors (Lipinski definition) is 1. The molecule has 2 amide bonds. The zero-order chi connectivity index (χ0) is 29.7. The Balaban J connectivity index is 2.02. The van der Waals surface area contributed by atoms with Crippen LogP contribution in [-0.4, -0.2) is 50.4 Å². The van der Waals surface area contributed by atoms with Gasteiger partial charge in [-0.1, -0.05) is 47.5 Å². The minimum atomic E-state index is -4.10. The van der Waals surface area contributed by atoms with E-state index in [0.29, 0.717) is 11.4 Å². The average Bonchev–Trinajstić information content (AvgIpc) is 2.90. The SMILES string of the molecule is COc1ccc(CN(C(=O)CN(c2ccc(C)cc2)S(=O)(=O)c2ccc(C)cc2)[C@H](C)C(=O)NC(C)(C)C)cc1. The third kappa shape index (κ3) is 7.85. The maximum atomic E-state index is 14.0. The summed E-state index contributed by atoms with van der Waals surface area (Å²) in [5.74, 6) is -0.184. The number of amides is 2. The number of carbonyl (C=O) groups excluding carboxylic acids is 2. The van der Waals surface area contributed by atoms with E-state index < -0.39 is 34.1 Å². The number of nitrogens with one attached hydrogen (secondary N) is 1. The normalized spacial score (nSPS) is 12.4. The number of benzene rings is 3. The average molecular weight is 566 g/mol. The number of methoxy groups -OCH3 is 1. The second kappa shape index (κ2) is 12.6. The summed E-state index contributed by atoms with van der Waals surface area (Å²) in [4.78, 5) is 28.6. The molecule has 0 spiro atoms. The van der Waals surface area contributed by atoms with Crippen LogP contribution in [0.3, 0.4) is 0 Å². The molecule has 0 aliphatic heterocycles. The lowest BCUT2D eigenvalue weighted by Crippen LogP contribution is -2.54. The van der Waals surface area contributed by atoms with Gasteiger partial charge in [-0.15, -0.1) is 0 Å². The van der Waals surface area contributed by atoms with Gasteiger partial charge in [0.25, 0.3) is 10.0 Å². The van der Waals surface area contributed by atoms with Crippen LogP contribution in [0.2, 0.25) is 0 Å². The Morgan fingerprint density at radius 2 is 1.40 bits per heavy atom. The van der Waals surface area contributed by atoms with E-state index in [9.17, 15) is 18.0 Å². The molecule has 0 heterocycles. The lowest BCUT2D eigenvalue weighted by atomic mass is 10.1. The lowest BCUT2D eigenvalue weighted by Gasteiger charge is -2.33. The summed E-state index contributed by atoms with van der Waals surface area (Å²) < 4.78 is 34.1. The maximum absolute atomic E-state index is 14.0. The Hall–Kier alpha value is -3.85. The number of hydrogen-bond acceptors (Lipinski definition) is 5. The van der Waals surface area contributed by atoms with Crippen molar-refractivity contribution in [3.8, 4) is 5.75 Å². The molecular formula is C31H39N3O5S. The van der Waals surface area contributed by atoms with Gasteiger partial charge in [-0.25, -0.2) is 8.42 Å². The van der Waals surface area contributed by atoms with Gasteiger partial charge in [0, 0.05) is 12.1 Å². The maximum Gasteiger partial charge on any atom is 0.264 e. The molecule has 0 radical (unpaired) electrons. The van der Waals surface area contributed by atoms with Gasteiger partial charge in [0.1, 0.15) is 18.3 Å². The highest BCUT2D eigenvalue weighted by Crippen LogP contribution is 2.25. The van der Waals surface area contributed by atoms with Crippen molar-refractivity contribution in [3.05, 3.63) is 89.5 Å². The van der Waals surface area contributed by atoms with Gasteiger partial charge in [-0.2, -0.15) is 0 Å². The summed E-state index contributed by atoms with van der Waals surface area (Å²) >= 11 is 0. The Morgan fingerprint density at radius 1 is 0.875 bits per heavy atom. The summed E-state index contributed by atoms with van der Waals surface area (Å²) in [6, 6.07) is 19.8. The Bertz CT molecular complexity index is 1410. The van der Waals surface area contributed by atoms with Crippen molar-refractivity contribution in [2.75, 3.05) is 18.0 Å². The summed E-state index contributed by atoms with van der Waals surface area (Å²) in [6.45, 7) is 10.6. The zero-order valence-electron chi connectivity index (χ0n) is 24.3. The third-order valence-electron chi connectivity index (χ3n) is 6.39. The predicted octanol–water partition coefficient (Wildman–Crippen LogP) is 4.84. The molecule has 1 N–H and O–H groups in total. The van der Waals surface area contributed by atoms with Crippen LogP contribution in [0.15, 0.2) is 77.7 Å². The van der Waals surface area contributed by atoms with Gasteiger partial charge in [-0.05, 0) is 83.5 Å². The van der Waals surface area contributed by atoms with Crippen LogP contribution in [-0.2, 0) is 26.2 Å². The second-order valence-electron chi connectivity index (χ2n) is 10.9. The number of sulfonamides is 1. The molecule has 9 heteroatoms. The van der Waals surface area contributed by atoms with Crippen LogP contribution >= 0.6 is 0 Å². The second-order valence-corrected chi connectivity index (χ2v) is 12.8. The highest BCUT2D eigenvalue weighted by atomic mass is 32.2. The molecule has 0 aliphatic rings. The van der Waals surface area contributed by atoms with Gasteiger partial charge in [0.05, 0.1) is 17.7 Å². The fourth-order valence-electron chi connectivity index (χ4n) is 4.06. The van der Waals surface area contributed by atoms with Crippen molar-refractivity contribution in [1.82, 2.24) is 10.2 Å². The monoisotopic (exact) mass is 565 g/mol. The quantitative estimate of drug-likeness (QED) is 0.380. The van der Waals surface area contributed by atoms with Crippen molar-refractivity contribution in [2.24, 2.45) is 0 Å². The van der Waals surface area contributed by atoms with E-state index in [2.05, 4.69) is 5.32 Å². The van der Waals surface area contributed by atoms with E-state index in [1.807, 2.05) is 46.8 Å². The van der Waals surface area contributed by atoms with Gasteiger partial charge >= 0.3 is 0 Å². The van der Waals surface area contributed by atoms with Gasteiger partial charge in [-0.3, -0.25) is 13.9 Å². The first-order chi connectivity index (χ1) is 18.7. The Morgan fingerprint density at radius 3 is 1.90 bits per heavy atom. The highest BCUT2D eigenvalue weighted by molar-refractivity contribution is 7.92. The van der Waals surface area contributed by atoms with E-state index in [1.54, 1.807) is 62.6 Å². The summed E-state index contributed by atoms with van der Waals surface area (Å²) in [5.41, 5.74) is 2.49. The number of aryl methyl sites for hydroxylation is 2. The number of ether oxygens (including phenoxy) is 1. The first kappa shape index (κ1) is 30.7. The van der Waals surface area contributed by atoms with Crippen molar-refractivity contribution < 1.29 is 22.7 Å². The fourth-order valence-corrected chi connectivity index (χ4v) is 5.48. The van der Waals surface area contributed by atoms with Crippen molar-refractivity contribution in [2.45, 2.75) is 64.6 Å². The number of carbonyl (C=O) groups is 2. The van der Waals surface area contributed by atoms with Crippen LogP contribution in [0.25, 0.3) is 0 Å². The van der Waals surface area contributed by atoms with Crippen LogP contribution in [0.5, 0.6) is 5.75 Å². The molecule has 3 aromatic carbocycles. The van der Waals surface area contributed by atoms with Crippen molar-refractivity contribution in [1.29, 1.82) is 0 Å². The fraction of sp³-hybridized carbons (Fsp3) is 0.355. The molecule has 0 saturated heterocycles. The van der Waals surface area contributed by atoms with E-state index in [4.69, 9.17) is 4.74 Å². The molecule has 3 aromatic rings. The first-order valence-corrected chi connectivity index (χ1v) is 14.6. The molecule has 0 saturated carbocycles. The first-order valence-electron chi connectivity index (χ1n) is 13.1. The molecule has 40 heavy (non-hydrogen) atoms. The third-order valence-corrected chi connectivity index (χ3v) is 8.18. The molecule has 0 fully saturated rings. The van der Waals surface area contributed by atoms with E-state index in [0.717, 1.165) is 21.0 Å². The lowest BCUT2D eigenvalue weighted by molar-refractivity contribution is -0.140. The molecule has 0 unspecified atom stereocenters. The Kier molecular flexibility index (Phi) is 9.63. The molecule has 1 atom stereocenters. The van der Waals surface area contributed by atoms with E-state index in [1.165, 1.54) is 17.0 Å². The summed E-state index contributed by atoms with van der Waals surface area (Å²) in [5, 5.41) is 2.93. The highest BCUT2D eigenvalue weighted by Gasteiger charge is 2.33. The number of rotatable bonds is 10. The van der Waals surface area contributed by atoms with Crippen LogP contribution < -0.4 is 14.4 Å². The molecule has 0 bridgehead atoms. The molecular weight excluding hydrogens is 526 g/mol. The minimum Gasteiger partial charge on any atom is -0.497 e. The van der Waals surface area contributed by atoms with Crippen molar-refractivity contribution >= 4 is 27.5 Å². The zero-order valence-corrected chi connectivity index (χ0v) is 25.1. The standard InChI is InChI=1S/C31H39N3O5S/c1-22-8-14-26(15-9-22)34(40(37,38)28-18-10-23(2)11-19-28)21-29(35)33(24(3)30(36)32-31(4,5)6)20-25-12-16-27(39-7)17-13-25/h8-19,24H,20-21H2,1-7H3,(H,32,36)/t24-/m1/s1. The smallest absolute Gasteiger partial charge is 0.264 e. The van der Waals surface area contributed by atoms with Crippen molar-refractivity contribution in [3.63, 3.8) is 0 Å². The van der Waals surface area contributed by atoms with Crippen LogP contribution in [0.4, 0.5) is 5.69 Å². The Labute approximate surface area is 238 Å². The van der Waals surface area contributed by atoms with E-state index >= 15 is 0 Å². The molecule has 3 rings (SSSR count). The number of nitrogens with zero attached hydrogens (tertiary/aromatic N) is 2. The van der Waals surface area contributed by atoms with Gasteiger partial charge < -0.3 is 15.0 Å². The molecule has 0 aliphatic carbocycles. The summed E-state index contributed by atoms with van der Waals surface area (Å²) in [6.07, 6.45) is 0. The van der Waals surface area contributed by atoms with E-state index in [-0.39, 0.29) is 17.3 Å². The molecule has 8 nitrogen and oxygen atoms in total. The topological polar surface area (TPSA) is 96.0 Å². The van der Waals surface area contributed by atoms with Gasteiger partial charge in [0.15, 0.2) is 0 Å². The minimum absolute atomic E-state index is 0.0757. The molecule has 0 aromatic heterocycles. The number of anilines is 1. The van der Waals surface area contributed by atoms with Crippen LogP contribution in [0, 0.1) is 13.8 Å². The largest absolute Gasteiger partial charge is 0.497 e.